The molecule has 0 aromatic heterocycles. The summed E-state index contributed by atoms with van der Waals surface area (Å²) in [7, 11) is 0. The molecule has 3 heteroatoms. The zero-order valence-corrected chi connectivity index (χ0v) is 10.2. The van der Waals surface area contributed by atoms with Gasteiger partial charge in [0, 0.05) is 6.04 Å². The number of amides is 1. The Morgan fingerprint density at radius 3 is 2.67 bits per heavy atom. The molecule has 1 saturated carbocycles. The van der Waals surface area contributed by atoms with Crippen molar-refractivity contribution >= 4 is 5.91 Å². The number of nitrogens with one attached hydrogen (secondary N) is 1. The molecule has 88 valence electrons. The quantitative estimate of drug-likeness (QED) is 0.730. The molecule has 3 nitrogen and oxygen atoms in total. The van der Waals surface area contributed by atoms with Gasteiger partial charge in [-0.3, -0.25) is 4.79 Å². The lowest BCUT2D eigenvalue weighted by Crippen LogP contribution is -2.56. The van der Waals surface area contributed by atoms with Crippen molar-refractivity contribution in [2.24, 2.45) is 11.7 Å². The third-order valence-electron chi connectivity index (χ3n) is 3.80. The molecule has 3 unspecified atom stereocenters. The smallest absolute Gasteiger partial charge is 0.237 e. The molecule has 0 saturated heterocycles. The van der Waals surface area contributed by atoms with Crippen LogP contribution in [-0.4, -0.2) is 17.5 Å². The molecule has 15 heavy (non-hydrogen) atoms. The van der Waals surface area contributed by atoms with E-state index in [0.717, 1.165) is 32.1 Å². The molecule has 1 fully saturated rings. The lowest BCUT2D eigenvalue weighted by molar-refractivity contribution is -0.124. The Morgan fingerprint density at radius 2 is 2.27 bits per heavy atom. The Morgan fingerprint density at radius 1 is 1.60 bits per heavy atom. The van der Waals surface area contributed by atoms with Crippen LogP contribution in [0.15, 0.2) is 0 Å². The molecule has 0 bridgehead atoms. The molecule has 1 aliphatic rings. The Bertz CT molecular complexity index is 230. The highest BCUT2D eigenvalue weighted by Gasteiger charge is 2.43. The Labute approximate surface area is 92.8 Å². The molecule has 0 heterocycles. The number of hydrogen-bond acceptors (Lipinski definition) is 2. The number of carbonyl (C=O) groups excluding carboxylic acids is 1. The van der Waals surface area contributed by atoms with Gasteiger partial charge in [-0.1, -0.05) is 20.3 Å². The van der Waals surface area contributed by atoms with Gasteiger partial charge in [-0.25, -0.2) is 0 Å². The van der Waals surface area contributed by atoms with Gasteiger partial charge in [-0.05, 0) is 38.5 Å². The normalized spacial score (nSPS) is 32.9. The summed E-state index contributed by atoms with van der Waals surface area (Å²) in [5, 5.41) is 3.43. The standard InChI is InChI=1S/C12H24N2O/c1-4-9(3)14-12(11(13)15)7-6-10(5-2)8-12/h9-10,14H,4-8H2,1-3H3,(H2,13,15). The zero-order valence-electron chi connectivity index (χ0n) is 10.2. The summed E-state index contributed by atoms with van der Waals surface area (Å²) in [6.45, 7) is 6.42. The van der Waals surface area contributed by atoms with Gasteiger partial charge >= 0.3 is 0 Å². The molecule has 3 atom stereocenters. The number of hydrogen-bond donors (Lipinski definition) is 2. The average Bonchev–Trinajstić information content (AvgIpc) is 2.62. The van der Waals surface area contributed by atoms with Crippen LogP contribution < -0.4 is 11.1 Å². The third-order valence-corrected chi connectivity index (χ3v) is 3.80. The Balaban J connectivity index is 2.69. The number of carbonyl (C=O) groups is 1. The summed E-state index contributed by atoms with van der Waals surface area (Å²) in [4.78, 5) is 11.6. The summed E-state index contributed by atoms with van der Waals surface area (Å²) in [6.07, 6.45) is 5.14. The molecular formula is C12H24N2O. The molecule has 0 spiro atoms. The highest BCUT2D eigenvalue weighted by molar-refractivity contribution is 5.85. The second kappa shape index (κ2) is 4.97. The van der Waals surface area contributed by atoms with Crippen molar-refractivity contribution in [1.82, 2.24) is 5.32 Å². The molecule has 0 aromatic carbocycles. The van der Waals surface area contributed by atoms with Crippen molar-refractivity contribution in [3.63, 3.8) is 0 Å². The van der Waals surface area contributed by atoms with Crippen LogP contribution in [0.2, 0.25) is 0 Å². The van der Waals surface area contributed by atoms with E-state index in [1.54, 1.807) is 0 Å². The van der Waals surface area contributed by atoms with Crippen LogP contribution in [0.5, 0.6) is 0 Å². The molecule has 1 rings (SSSR count). The summed E-state index contributed by atoms with van der Waals surface area (Å²) in [5.41, 5.74) is 5.13. The molecule has 0 aliphatic heterocycles. The van der Waals surface area contributed by atoms with Crippen LogP contribution in [0.3, 0.4) is 0 Å². The van der Waals surface area contributed by atoms with Gasteiger partial charge in [0.2, 0.25) is 5.91 Å². The fourth-order valence-electron chi connectivity index (χ4n) is 2.50. The first-order valence-corrected chi connectivity index (χ1v) is 6.11. The van der Waals surface area contributed by atoms with E-state index >= 15 is 0 Å². The van der Waals surface area contributed by atoms with Crippen LogP contribution in [0.25, 0.3) is 0 Å². The van der Waals surface area contributed by atoms with E-state index in [9.17, 15) is 4.79 Å². The number of primary amides is 1. The molecular weight excluding hydrogens is 188 g/mol. The van der Waals surface area contributed by atoms with Gasteiger partial charge in [0.05, 0.1) is 5.54 Å². The van der Waals surface area contributed by atoms with Crippen LogP contribution in [-0.2, 0) is 4.79 Å². The van der Waals surface area contributed by atoms with Gasteiger partial charge < -0.3 is 11.1 Å². The summed E-state index contributed by atoms with van der Waals surface area (Å²) < 4.78 is 0. The van der Waals surface area contributed by atoms with Crippen LogP contribution in [0.4, 0.5) is 0 Å². The lowest BCUT2D eigenvalue weighted by Gasteiger charge is -2.30. The van der Waals surface area contributed by atoms with E-state index < -0.39 is 5.54 Å². The number of nitrogens with two attached hydrogens (primary N) is 1. The minimum absolute atomic E-state index is 0.168. The lowest BCUT2D eigenvalue weighted by atomic mass is 9.93. The van der Waals surface area contributed by atoms with Gasteiger partial charge in [0.1, 0.15) is 0 Å². The predicted octanol–water partition coefficient (Wildman–Crippen LogP) is 1.81. The Hall–Kier alpha value is -0.570. The third kappa shape index (κ3) is 2.71. The predicted molar refractivity (Wildman–Crippen MR) is 62.4 cm³/mol. The van der Waals surface area contributed by atoms with E-state index in [2.05, 4.69) is 26.1 Å². The highest BCUT2D eigenvalue weighted by atomic mass is 16.1. The fraction of sp³-hybridized carbons (Fsp3) is 0.917. The van der Waals surface area contributed by atoms with Crippen molar-refractivity contribution in [2.45, 2.75) is 64.5 Å². The van der Waals surface area contributed by atoms with Crippen LogP contribution >= 0.6 is 0 Å². The highest BCUT2D eigenvalue weighted by Crippen LogP contribution is 2.36. The van der Waals surface area contributed by atoms with Gasteiger partial charge in [0.15, 0.2) is 0 Å². The van der Waals surface area contributed by atoms with Crippen molar-refractivity contribution in [2.75, 3.05) is 0 Å². The molecule has 0 aromatic rings. The SMILES string of the molecule is CCC1CCC(NC(C)CC)(C(N)=O)C1. The minimum atomic E-state index is -0.421. The van der Waals surface area contributed by atoms with Crippen molar-refractivity contribution in [1.29, 1.82) is 0 Å². The topological polar surface area (TPSA) is 55.1 Å². The first-order chi connectivity index (χ1) is 7.04. The Kier molecular flexibility index (Phi) is 4.14. The maximum Gasteiger partial charge on any atom is 0.237 e. The van der Waals surface area contributed by atoms with E-state index in [0.29, 0.717) is 12.0 Å². The first-order valence-electron chi connectivity index (χ1n) is 6.11. The molecule has 1 amide bonds. The van der Waals surface area contributed by atoms with E-state index in [4.69, 9.17) is 5.73 Å². The molecule has 3 N–H and O–H groups in total. The second-order valence-electron chi connectivity index (χ2n) is 4.92. The zero-order chi connectivity index (χ0) is 11.5. The fourth-order valence-corrected chi connectivity index (χ4v) is 2.50. The molecule has 1 aliphatic carbocycles. The summed E-state index contributed by atoms with van der Waals surface area (Å²) in [6, 6.07) is 0.369. The van der Waals surface area contributed by atoms with Gasteiger partial charge in [0.25, 0.3) is 0 Å². The van der Waals surface area contributed by atoms with E-state index in [1.807, 2.05) is 0 Å². The van der Waals surface area contributed by atoms with Crippen molar-refractivity contribution in [3.8, 4) is 0 Å². The van der Waals surface area contributed by atoms with E-state index in [1.165, 1.54) is 0 Å². The second-order valence-corrected chi connectivity index (χ2v) is 4.92. The maximum absolute atomic E-state index is 11.6. The maximum atomic E-state index is 11.6. The summed E-state index contributed by atoms with van der Waals surface area (Å²) >= 11 is 0. The van der Waals surface area contributed by atoms with Gasteiger partial charge in [-0.2, -0.15) is 0 Å². The molecule has 0 radical (unpaired) electrons. The van der Waals surface area contributed by atoms with Crippen molar-refractivity contribution < 1.29 is 4.79 Å². The van der Waals surface area contributed by atoms with Crippen LogP contribution in [0.1, 0.15) is 52.9 Å². The first kappa shape index (κ1) is 12.5. The van der Waals surface area contributed by atoms with Crippen LogP contribution in [0, 0.1) is 5.92 Å². The average molecular weight is 212 g/mol. The van der Waals surface area contributed by atoms with Gasteiger partial charge in [-0.15, -0.1) is 0 Å². The minimum Gasteiger partial charge on any atom is -0.368 e. The van der Waals surface area contributed by atoms with Crippen molar-refractivity contribution in [3.05, 3.63) is 0 Å². The van der Waals surface area contributed by atoms with E-state index in [-0.39, 0.29) is 5.91 Å². The largest absolute Gasteiger partial charge is 0.368 e. The monoisotopic (exact) mass is 212 g/mol. The summed E-state index contributed by atoms with van der Waals surface area (Å²) in [5.74, 6) is 0.493. The number of rotatable bonds is 5.